The molecule has 1 atom stereocenters. The molecule has 1 aliphatic heterocycles. The van der Waals surface area contributed by atoms with Crippen molar-refractivity contribution in [3.63, 3.8) is 0 Å². The summed E-state index contributed by atoms with van der Waals surface area (Å²) in [5.41, 5.74) is 0. The SMILES string of the molecule is C[C@H](O)C1CCN(CC(=O)NCCOc2ccccc2)CC1. The van der Waals surface area contributed by atoms with Crippen LogP contribution < -0.4 is 10.1 Å². The van der Waals surface area contributed by atoms with Gasteiger partial charge in [-0.3, -0.25) is 9.69 Å². The number of rotatable bonds is 7. The molecule has 1 saturated heterocycles. The first-order chi connectivity index (χ1) is 10.6. The lowest BCUT2D eigenvalue weighted by Crippen LogP contribution is -2.43. The van der Waals surface area contributed by atoms with Gasteiger partial charge >= 0.3 is 0 Å². The lowest BCUT2D eigenvalue weighted by molar-refractivity contribution is -0.122. The number of ether oxygens (including phenoxy) is 1. The number of nitrogens with one attached hydrogen (secondary N) is 1. The molecule has 2 rings (SSSR count). The third kappa shape index (κ3) is 5.66. The van der Waals surface area contributed by atoms with E-state index in [1.807, 2.05) is 37.3 Å². The van der Waals surface area contributed by atoms with Crippen LogP contribution in [0, 0.1) is 5.92 Å². The maximum absolute atomic E-state index is 11.9. The Kier molecular flexibility index (Phi) is 6.68. The van der Waals surface area contributed by atoms with Gasteiger partial charge in [-0.15, -0.1) is 0 Å². The van der Waals surface area contributed by atoms with E-state index in [1.54, 1.807) is 0 Å². The zero-order chi connectivity index (χ0) is 15.8. The number of piperidine rings is 1. The highest BCUT2D eigenvalue weighted by Crippen LogP contribution is 2.20. The van der Waals surface area contributed by atoms with Crippen LogP contribution in [0.15, 0.2) is 30.3 Å². The first-order valence-electron chi connectivity index (χ1n) is 8.00. The van der Waals surface area contributed by atoms with Crippen molar-refractivity contribution in [1.82, 2.24) is 10.2 Å². The Morgan fingerprint density at radius 2 is 2.05 bits per heavy atom. The van der Waals surface area contributed by atoms with E-state index in [0.29, 0.717) is 25.6 Å². The minimum Gasteiger partial charge on any atom is -0.492 e. The topological polar surface area (TPSA) is 61.8 Å². The van der Waals surface area contributed by atoms with Gasteiger partial charge in [0.15, 0.2) is 0 Å². The Balaban J connectivity index is 1.57. The van der Waals surface area contributed by atoms with Gasteiger partial charge in [0, 0.05) is 0 Å². The zero-order valence-electron chi connectivity index (χ0n) is 13.2. The maximum atomic E-state index is 11.9. The molecule has 0 spiro atoms. The lowest BCUT2D eigenvalue weighted by atomic mass is 9.92. The summed E-state index contributed by atoms with van der Waals surface area (Å²) in [7, 11) is 0. The van der Waals surface area contributed by atoms with Gasteiger partial charge < -0.3 is 15.2 Å². The average molecular weight is 306 g/mol. The van der Waals surface area contributed by atoms with Gasteiger partial charge in [-0.05, 0) is 50.9 Å². The standard InChI is InChI=1S/C17H26N2O3/c1-14(20)15-7-10-19(11-8-15)13-17(21)18-9-12-22-16-5-3-2-4-6-16/h2-6,14-15,20H,7-13H2,1H3,(H,18,21)/t14-/m0/s1. The van der Waals surface area contributed by atoms with E-state index >= 15 is 0 Å². The van der Waals surface area contributed by atoms with Crippen molar-refractivity contribution >= 4 is 5.91 Å². The highest BCUT2D eigenvalue weighted by molar-refractivity contribution is 5.78. The second kappa shape index (κ2) is 8.76. The largest absolute Gasteiger partial charge is 0.492 e. The summed E-state index contributed by atoms with van der Waals surface area (Å²) in [5.74, 6) is 1.22. The second-order valence-corrected chi connectivity index (χ2v) is 5.87. The molecule has 0 radical (unpaired) electrons. The molecule has 1 aliphatic rings. The quantitative estimate of drug-likeness (QED) is 0.745. The highest BCUT2D eigenvalue weighted by atomic mass is 16.5. The Morgan fingerprint density at radius 3 is 2.68 bits per heavy atom. The minimum absolute atomic E-state index is 0.0344. The van der Waals surface area contributed by atoms with Crippen LogP contribution in [0.4, 0.5) is 0 Å². The molecule has 0 saturated carbocycles. The van der Waals surface area contributed by atoms with Crippen LogP contribution in [-0.2, 0) is 4.79 Å². The molecule has 1 aromatic rings. The van der Waals surface area contributed by atoms with Crippen molar-refractivity contribution in [2.24, 2.45) is 5.92 Å². The Morgan fingerprint density at radius 1 is 1.36 bits per heavy atom. The van der Waals surface area contributed by atoms with Gasteiger partial charge in [0.1, 0.15) is 12.4 Å². The third-order valence-electron chi connectivity index (χ3n) is 4.12. The number of nitrogens with zero attached hydrogens (tertiary/aromatic N) is 1. The number of aliphatic hydroxyl groups excluding tert-OH is 1. The summed E-state index contributed by atoms with van der Waals surface area (Å²) in [4.78, 5) is 14.0. The van der Waals surface area contributed by atoms with Crippen LogP contribution in [0.25, 0.3) is 0 Å². The van der Waals surface area contributed by atoms with Crippen molar-refractivity contribution < 1.29 is 14.6 Å². The van der Waals surface area contributed by atoms with E-state index in [0.717, 1.165) is 31.7 Å². The van der Waals surface area contributed by atoms with Gasteiger partial charge in [0.05, 0.1) is 19.2 Å². The maximum Gasteiger partial charge on any atom is 0.234 e. The van der Waals surface area contributed by atoms with E-state index in [-0.39, 0.29) is 12.0 Å². The van der Waals surface area contributed by atoms with Crippen molar-refractivity contribution in [3.05, 3.63) is 30.3 Å². The lowest BCUT2D eigenvalue weighted by Gasteiger charge is -2.32. The fraction of sp³-hybridized carbons (Fsp3) is 0.588. The number of aliphatic hydroxyl groups is 1. The summed E-state index contributed by atoms with van der Waals surface area (Å²) in [5, 5.41) is 12.5. The number of benzene rings is 1. The van der Waals surface area contributed by atoms with E-state index < -0.39 is 0 Å². The van der Waals surface area contributed by atoms with E-state index in [4.69, 9.17) is 4.74 Å². The van der Waals surface area contributed by atoms with E-state index in [1.165, 1.54) is 0 Å². The van der Waals surface area contributed by atoms with Crippen LogP contribution in [0.2, 0.25) is 0 Å². The predicted molar refractivity (Wildman–Crippen MR) is 85.8 cm³/mol. The molecule has 0 aliphatic carbocycles. The molecule has 5 nitrogen and oxygen atoms in total. The second-order valence-electron chi connectivity index (χ2n) is 5.87. The van der Waals surface area contributed by atoms with Crippen LogP contribution >= 0.6 is 0 Å². The summed E-state index contributed by atoms with van der Waals surface area (Å²) >= 11 is 0. The molecule has 0 aromatic heterocycles. The summed E-state index contributed by atoms with van der Waals surface area (Å²) < 4.78 is 5.53. The minimum atomic E-state index is -0.244. The van der Waals surface area contributed by atoms with Gasteiger partial charge in [-0.1, -0.05) is 18.2 Å². The number of para-hydroxylation sites is 1. The zero-order valence-corrected chi connectivity index (χ0v) is 13.2. The molecule has 1 heterocycles. The molecule has 1 aromatic carbocycles. The van der Waals surface area contributed by atoms with Crippen molar-refractivity contribution in [2.75, 3.05) is 32.8 Å². The molecular formula is C17H26N2O3. The molecule has 0 bridgehead atoms. The van der Waals surface area contributed by atoms with Crippen LogP contribution in [0.3, 0.4) is 0 Å². The summed E-state index contributed by atoms with van der Waals surface area (Å²) in [6.07, 6.45) is 1.68. The first kappa shape index (κ1) is 16.8. The average Bonchev–Trinajstić information content (AvgIpc) is 2.53. The van der Waals surface area contributed by atoms with Gasteiger partial charge in [-0.2, -0.15) is 0 Å². The van der Waals surface area contributed by atoms with Gasteiger partial charge in [-0.25, -0.2) is 0 Å². The first-order valence-corrected chi connectivity index (χ1v) is 8.00. The number of carbonyl (C=O) groups is 1. The van der Waals surface area contributed by atoms with Crippen LogP contribution in [0.5, 0.6) is 5.75 Å². The molecular weight excluding hydrogens is 280 g/mol. The van der Waals surface area contributed by atoms with Crippen LogP contribution in [0.1, 0.15) is 19.8 Å². The molecule has 122 valence electrons. The number of hydrogen-bond donors (Lipinski definition) is 2. The Bertz CT molecular complexity index is 442. The van der Waals surface area contributed by atoms with Crippen molar-refractivity contribution in [3.8, 4) is 5.75 Å². The Labute approximate surface area is 132 Å². The predicted octanol–water partition coefficient (Wildman–Crippen LogP) is 1.27. The van der Waals surface area contributed by atoms with E-state index in [2.05, 4.69) is 10.2 Å². The summed E-state index contributed by atoms with van der Waals surface area (Å²) in [6, 6.07) is 9.58. The number of carbonyl (C=O) groups excluding carboxylic acids is 1. The number of amides is 1. The van der Waals surface area contributed by atoms with Gasteiger partial charge in [0.25, 0.3) is 0 Å². The van der Waals surface area contributed by atoms with Crippen molar-refractivity contribution in [2.45, 2.75) is 25.9 Å². The fourth-order valence-electron chi connectivity index (χ4n) is 2.73. The molecule has 1 fully saturated rings. The fourth-order valence-corrected chi connectivity index (χ4v) is 2.73. The number of likely N-dealkylation sites (tertiary alicyclic amines) is 1. The van der Waals surface area contributed by atoms with Gasteiger partial charge in [0.2, 0.25) is 5.91 Å². The van der Waals surface area contributed by atoms with Crippen LogP contribution in [-0.4, -0.2) is 54.8 Å². The smallest absolute Gasteiger partial charge is 0.234 e. The monoisotopic (exact) mass is 306 g/mol. The molecule has 22 heavy (non-hydrogen) atoms. The molecule has 0 unspecified atom stereocenters. The molecule has 5 heteroatoms. The number of hydrogen-bond acceptors (Lipinski definition) is 4. The normalized spacial score (nSPS) is 17.9. The Hall–Kier alpha value is -1.59. The van der Waals surface area contributed by atoms with Crippen molar-refractivity contribution in [1.29, 1.82) is 0 Å². The third-order valence-corrected chi connectivity index (χ3v) is 4.12. The molecule has 1 amide bonds. The molecule has 2 N–H and O–H groups in total. The van der Waals surface area contributed by atoms with E-state index in [9.17, 15) is 9.90 Å². The summed E-state index contributed by atoms with van der Waals surface area (Å²) in [6.45, 7) is 5.02. The highest BCUT2D eigenvalue weighted by Gasteiger charge is 2.23.